The zero-order valence-electron chi connectivity index (χ0n) is 23.6. The van der Waals surface area contributed by atoms with Crippen molar-refractivity contribution in [3.8, 4) is 33.6 Å². The largest absolute Gasteiger partial charge is 0.244 e. The molecular weight excluding hydrogens is 508 g/mol. The molecule has 42 heavy (non-hydrogen) atoms. The van der Waals surface area contributed by atoms with Crippen LogP contribution in [0.25, 0.3) is 55.4 Å². The van der Waals surface area contributed by atoms with E-state index in [4.69, 9.17) is 9.97 Å². The Morgan fingerprint density at radius 3 is 1.88 bits per heavy atom. The Hall–Kier alpha value is -4.30. The van der Waals surface area contributed by atoms with Gasteiger partial charge in [0, 0.05) is 16.5 Å². The quantitative estimate of drug-likeness (QED) is 0.218. The summed E-state index contributed by atoms with van der Waals surface area (Å²) in [5.74, 6) is 3.26. The van der Waals surface area contributed by atoms with Gasteiger partial charge in [0.05, 0.1) is 22.4 Å². The van der Waals surface area contributed by atoms with E-state index in [2.05, 4.69) is 109 Å². The lowest BCUT2D eigenvalue weighted by Crippen LogP contribution is -2.55. The van der Waals surface area contributed by atoms with Crippen LogP contribution in [0.1, 0.15) is 43.2 Å². The van der Waals surface area contributed by atoms with Crippen LogP contribution in [0.15, 0.2) is 109 Å². The highest BCUT2D eigenvalue weighted by Gasteiger charge is 2.62. The van der Waals surface area contributed by atoms with Crippen molar-refractivity contribution in [1.29, 1.82) is 0 Å². The molecule has 5 aliphatic rings. The molecule has 0 N–H and O–H groups in total. The van der Waals surface area contributed by atoms with Crippen LogP contribution in [-0.2, 0) is 5.41 Å². The first-order valence-corrected chi connectivity index (χ1v) is 15.8. The van der Waals surface area contributed by atoms with Crippen molar-refractivity contribution in [2.24, 2.45) is 23.7 Å². The smallest absolute Gasteiger partial charge is 0.0973 e. The van der Waals surface area contributed by atoms with Crippen LogP contribution < -0.4 is 0 Å². The van der Waals surface area contributed by atoms with E-state index in [-0.39, 0.29) is 5.41 Å². The van der Waals surface area contributed by atoms with Crippen LogP contribution in [-0.4, -0.2) is 9.97 Å². The highest BCUT2D eigenvalue weighted by molar-refractivity contribution is 5.99. The van der Waals surface area contributed by atoms with Gasteiger partial charge < -0.3 is 0 Å². The van der Waals surface area contributed by atoms with Gasteiger partial charge in [0.1, 0.15) is 0 Å². The summed E-state index contributed by atoms with van der Waals surface area (Å²) in [6, 6.07) is 40.1. The molecule has 1 spiro atoms. The summed E-state index contributed by atoms with van der Waals surface area (Å²) in [5, 5.41) is 2.85. The summed E-state index contributed by atoms with van der Waals surface area (Å²) in [6.45, 7) is 0. The molecule has 0 aliphatic heterocycles. The third-order valence-electron chi connectivity index (χ3n) is 11.4. The zero-order valence-corrected chi connectivity index (χ0v) is 23.6. The van der Waals surface area contributed by atoms with E-state index in [1.165, 1.54) is 59.6 Å². The Morgan fingerprint density at radius 2 is 1.14 bits per heavy atom. The van der Waals surface area contributed by atoms with Gasteiger partial charge in [0.25, 0.3) is 0 Å². The normalized spacial score (nSPS) is 26.7. The molecule has 5 aromatic carbocycles. The molecule has 0 saturated heterocycles. The second-order valence-corrected chi connectivity index (χ2v) is 13.4. The molecule has 0 atom stereocenters. The first kappa shape index (κ1) is 23.3. The lowest BCUT2D eigenvalue weighted by molar-refractivity contribution is -0.0393. The standard InChI is InChI=1S/C40H32N2/c1-2-9-27(10-3-1)38-39(42-36-13-7-6-12-35(36)41-38)28-15-16-32-33-17-14-26-8-4-5-11-31(26)37(33)40(34(32)23-28)29-19-24-18-25(21-29)22-30(40)20-24/h1-17,23-25,29-30H,18-22H2. The van der Waals surface area contributed by atoms with Crippen molar-refractivity contribution in [2.45, 2.75) is 37.5 Å². The number of hydrogen-bond donors (Lipinski definition) is 0. The summed E-state index contributed by atoms with van der Waals surface area (Å²) in [4.78, 5) is 10.5. The molecule has 0 amide bonds. The maximum absolute atomic E-state index is 5.31. The fourth-order valence-electron chi connectivity index (χ4n) is 10.1. The van der Waals surface area contributed by atoms with E-state index in [1.54, 1.807) is 11.1 Å². The second kappa shape index (κ2) is 8.38. The average molecular weight is 541 g/mol. The summed E-state index contributed by atoms with van der Waals surface area (Å²) in [5.41, 5.74) is 12.4. The molecule has 1 heterocycles. The molecule has 1 aromatic heterocycles. The molecule has 6 aromatic rings. The number of fused-ring (bicyclic) bond motifs is 6. The molecule has 2 nitrogen and oxygen atoms in total. The molecule has 4 saturated carbocycles. The number of benzene rings is 5. The van der Waals surface area contributed by atoms with Crippen LogP contribution in [0.2, 0.25) is 0 Å². The van der Waals surface area contributed by atoms with Crippen molar-refractivity contribution in [2.75, 3.05) is 0 Å². The highest BCUT2D eigenvalue weighted by Crippen LogP contribution is 2.70. The minimum atomic E-state index is 0.0894. The third kappa shape index (κ3) is 3.00. The molecule has 4 fully saturated rings. The summed E-state index contributed by atoms with van der Waals surface area (Å²) in [7, 11) is 0. The Bertz CT molecular complexity index is 2030. The van der Waals surface area contributed by atoms with Crippen molar-refractivity contribution in [3.05, 3.63) is 120 Å². The Morgan fingerprint density at radius 1 is 0.524 bits per heavy atom. The van der Waals surface area contributed by atoms with Gasteiger partial charge in [-0.3, -0.25) is 0 Å². The van der Waals surface area contributed by atoms with Crippen LogP contribution in [0.4, 0.5) is 0 Å². The third-order valence-corrected chi connectivity index (χ3v) is 11.4. The monoisotopic (exact) mass is 540 g/mol. The molecule has 11 rings (SSSR count). The Balaban J connectivity index is 1.26. The molecule has 202 valence electrons. The van der Waals surface area contributed by atoms with E-state index >= 15 is 0 Å². The van der Waals surface area contributed by atoms with Crippen molar-refractivity contribution in [3.63, 3.8) is 0 Å². The maximum atomic E-state index is 5.31. The minimum absolute atomic E-state index is 0.0894. The lowest BCUT2D eigenvalue weighted by atomic mass is 9.43. The minimum Gasteiger partial charge on any atom is -0.244 e. The number of nitrogens with zero attached hydrogens (tertiary/aromatic N) is 2. The van der Waals surface area contributed by atoms with Crippen molar-refractivity contribution >= 4 is 21.8 Å². The first-order valence-electron chi connectivity index (χ1n) is 15.8. The summed E-state index contributed by atoms with van der Waals surface area (Å²) < 4.78 is 0. The first-order chi connectivity index (χ1) is 20.8. The maximum Gasteiger partial charge on any atom is 0.0973 e. The van der Waals surface area contributed by atoms with E-state index in [0.717, 1.165) is 39.8 Å². The number of para-hydroxylation sites is 2. The molecular formula is C40H32N2. The fourth-order valence-corrected chi connectivity index (χ4v) is 10.1. The predicted molar refractivity (Wildman–Crippen MR) is 171 cm³/mol. The SMILES string of the molecule is c1ccc(-c2nc3ccccc3nc2-c2ccc3c(c2)C2(c4c-3ccc3ccccc43)C3CC4CC(C3)CC2C4)cc1. The molecule has 4 bridgehead atoms. The molecule has 0 radical (unpaired) electrons. The van der Waals surface area contributed by atoms with Gasteiger partial charge in [-0.15, -0.1) is 0 Å². The van der Waals surface area contributed by atoms with Gasteiger partial charge >= 0.3 is 0 Å². The molecule has 2 heteroatoms. The second-order valence-electron chi connectivity index (χ2n) is 13.4. The highest BCUT2D eigenvalue weighted by atomic mass is 14.8. The number of aromatic nitrogens is 2. The van der Waals surface area contributed by atoms with Crippen molar-refractivity contribution in [1.82, 2.24) is 9.97 Å². The number of rotatable bonds is 2. The lowest BCUT2D eigenvalue weighted by Gasteiger charge is -2.61. The van der Waals surface area contributed by atoms with Crippen LogP contribution in [0, 0.1) is 23.7 Å². The van der Waals surface area contributed by atoms with Gasteiger partial charge in [0.15, 0.2) is 0 Å². The van der Waals surface area contributed by atoms with Crippen LogP contribution in [0.3, 0.4) is 0 Å². The van der Waals surface area contributed by atoms with Gasteiger partial charge in [-0.1, -0.05) is 91.0 Å². The van der Waals surface area contributed by atoms with Gasteiger partial charge in [-0.05, 0) is 107 Å². The van der Waals surface area contributed by atoms with Gasteiger partial charge in [0.2, 0.25) is 0 Å². The Labute approximate surface area is 246 Å². The average Bonchev–Trinajstić information content (AvgIpc) is 3.34. The Kier molecular flexibility index (Phi) is 4.65. The summed E-state index contributed by atoms with van der Waals surface area (Å²) in [6.07, 6.45) is 6.98. The summed E-state index contributed by atoms with van der Waals surface area (Å²) >= 11 is 0. The van der Waals surface area contributed by atoms with E-state index in [9.17, 15) is 0 Å². The van der Waals surface area contributed by atoms with Crippen molar-refractivity contribution < 1.29 is 0 Å². The van der Waals surface area contributed by atoms with Crippen LogP contribution >= 0.6 is 0 Å². The van der Waals surface area contributed by atoms with Gasteiger partial charge in [-0.2, -0.15) is 0 Å². The topological polar surface area (TPSA) is 25.8 Å². The van der Waals surface area contributed by atoms with E-state index in [1.807, 2.05) is 0 Å². The van der Waals surface area contributed by atoms with E-state index in [0.29, 0.717) is 11.8 Å². The molecule has 5 aliphatic carbocycles. The van der Waals surface area contributed by atoms with E-state index < -0.39 is 0 Å². The molecule has 0 unspecified atom stereocenters. The van der Waals surface area contributed by atoms with Crippen LogP contribution in [0.5, 0.6) is 0 Å². The fraction of sp³-hybridized carbons (Fsp3) is 0.250. The zero-order chi connectivity index (χ0) is 27.4. The van der Waals surface area contributed by atoms with Gasteiger partial charge in [-0.25, -0.2) is 9.97 Å². The predicted octanol–water partition coefficient (Wildman–Crippen LogP) is 9.84. The number of hydrogen-bond acceptors (Lipinski definition) is 2.